The third-order valence-electron chi connectivity index (χ3n) is 5.42. The number of hydrogen-bond acceptors (Lipinski definition) is 5. The number of hydrogen-bond donors (Lipinski definition) is 2. The van der Waals surface area contributed by atoms with E-state index in [0.29, 0.717) is 12.8 Å². The zero-order valence-corrected chi connectivity index (χ0v) is 16.9. The summed E-state index contributed by atoms with van der Waals surface area (Å²) in [5, 5.41) is 3.70. The van der Waals surface area contributed by atoms with Crippen LogP contribution in [-0.2, 0) is 25.5 Å². The maximum Gasteiger partial charge on any atom is 0.408 e. The Bertz CT molecular complexity index is 990. The summed E-state index contributed by atoms with van der Waals surface area (Å²) in [7, 11) is 1.32. The van der Waals surface area contributed by atoms with E-state index in [2.05, 4.69) is 10.3 Å². The zero-order valence-electron chi connectivity index (χ0n) is 16.9. The molecule has 154 valence electrons. The van der Waals surface area contributed by atoms with E-state index in [1.165, 1.54) is 7.11 Å². The summed E-state index contributed by atoms with van der Waals surface area (Å²) in [5.74, 6) is -0.766. The van der Waals surface area contributed by atoms with E-state index in [-0.39, 0.29) is 11.9 Å². The monoisotopic (exact) mass is 399 g/mol. The van der Waals surface area contributed by atoms with Gasteiger partial charge in [-0.05, 0) is 32.4 Å². The van der Waals surface area contributed by atoms with Crippen LogP contribution in [0.15, 0.2) is 24.3 Å². The van der Waals surface area contributed by atoms with Crippen LogP contribution in [0.5, 0.6) is 0 Å². The van der Waals surface area contributed by atoms with Crippen molar-refractivity contribution < 1.29 is 23.9 Å². The Kier molecular flexibility index (Phi) is 4.52. The number of H-pyrrole nitrogens is 1. The second-order valence-electron chi connectivity index (χ2n) is 8.50. The molecule has 8 heteroatoms. The Morgan fingerprint density at radius 2 is 1.97 bits per heavy atom. The van der Waals surface area contributed by atoms with Crippen molar-refractivity contribution in [3.05, 3.63) is 35.5 Å². The van der Waals surface area contributed by atoms with E-state index in [9.17, 15) is 14.4 Å². The Hall–Kier alpha value is -3.03. The average molecular weight is 399 g/mol. The third kappa shape index (κ3) is 3.32. The summed E-state index contributed by atoms with van der Waals surface area (Å²) in [6.07, 6.45) is 0.0703. The van der Waals surface area contributed by atoms with Crippen LogP contribution in [0, 0.1) is 0 Å². The Balaban J connectivity index is 1.69. The van der Waals surface area contributed by atoms with E-state index in [1.54, 1.807) is 25.7 Å². The summed E-state index contributed by atoms with van der Waals surface area (Å²) >= 11 is 0. The topological polar surface area (TPSA) is 101 Å². The number of nitrogens with zero attached hydrogens (tertiary/aromatic N) is 1. The van der Waals surface area contributed by atoms with E-state index >= 15 is 0 Å². The predicted molar refractivity (Wildman–Crippen MR) is 105 cm³/mol. The van der Waals surface area contributed by atoms with Gasteiger partial charge in [-0.1, -0.05) is 18.2 Å². The molecule has 0 bridgehead atoms. The molecule has 1 aromatic heterocycles. The molecule has 2 amide bonds. The largest absolute Gasteiger partial charge is 0.467 e. The second-order valence-corrected chi connectivity index (χ2v) is 8.50. The number of methoxy groups -OCH3 is 1. The summed E-state index contributed by atoms with van der Waals surface area (Å²) in [6.45, 7) is 5.28. The molecule has 0 aliphatic carbocycles. The van der Waals surface area contributed by atoms with Gasteiger partial charge in [0.05, 0.1) is 13.2 Å². The Labute approximate surface area is 168 Å². The van der Waals surface area contributed by atoms with Crippen molar-refractivity contribution in [3.8, 4) is 0 Å². The van der Waals surface area contributed by atoms with E-state index in [4.69, 9.17) is 9.47 Å². The van der Waals surface area contributed by atoms with Crippen LogP contribution in [0.4, 0.5) is 4.79 Å². The first-order chi connectivity index (χ1) is 13.7. The maximum atomic E-state index is 13.1. The molecule has 1 aromatic carbocycles. The SMILES string of the molecule is COC(=O)C1Cc2c([nH]c3ccccc23)C2CC(NC(=O)OC(C)(C)C)C(=O)N12. The third-order valence-corrected chi connectivity index (χ3v) is 5.42. The molecule has 2 N–H and O–H groups in total. The van der Waals surface area contributed by atoms with Crippen molar-refractivity contribution in [2.75, 3.05) is 7.11 Å². The molecule has 3 heterocycles. The fourth-order valence-electron chi connectivity index (χ4n) is 4.32. The number of fused-ring (bicyclic) bond motifs is 5. The van der Waals surface area contributed by atoms with Gasteiger partial charge in [0, 0.05) is 29.4 Å². The van der Waals surface area contributed by atoms with E-state index in [0.717, 1.165) is 22.2 Å². The van der Waals surface area contributed by atoms with Gasteiger partial charge in [0.15, 0.2) is 0 Å². The molecule has 0 spiro atoms. The number of carbonyl (C=O) groups is 3. The van der Waals surface area contributed by atoms with Crippen molar-refractivity contribution in [3.63, 3.8) is 0 Å². The molecule has 3 atom stereocenters. The molecule has 1 fully saturated rings. The van der Waals surface area contributed by atoms with Crippen LogP contribution in [0.2, 0.25) is 0 Å². The number of esters is 1. The van der Waals surface area contributed by atoms with Gasteiger partial charge in [-0.3, -0.25) is 4.79 Å². The maximum absolute atomic E-state index is 13.1. The lowest BCUT2D eigenvalue weighted by atomic mass is 9.92. The minimum absolute atomic E-state index is 0.305. The van der Waals surface area contributed by atoms with Gasteiger partial charge in [0.1, 0.15) is 17.7 Å². The Morgan fingerprint density at radius 1 is 1.24 bits per heavy atom. The fraction of sp³-hybridized carbons (Fsp3) is 0.476. The highest BCUT2D eigenvalue weighted by Gasteiger charge is 2.51. The van der Waals surface area contributed by atoms with Crippen LogP contribution in [0.25, 0.3) is 10.9 Å². The first-order valence-electron chi connectivity index (χ1n) is 9.68. The number of benzene rings is 1. The molecule has 29 heavy (non-hydrogen) atoms. The van der Waals surface area contributed by atoms with Crippen LogP contribution < -0.4 is 5.32 Å². The lowest BCUT2D eigenvalue weighted by Crippen LogP contribution is -2.51. The molecule has 1 saturated heterocycles. The first kappa shape index (κ1) is 19.3. The lowest BCUT2D eigenvalue weighted by molar-refractivity contribution is -0.153. The standard InChI is InChI=1S/C21H25N3O5/c1-21(2,3)29-20(27)23-14-10-15-17-12(11-7-5-6-8-13(11)22-17)9-16(19(26)28-4)24(15)18(14)25/h5-8,14-16,22H,9-10H2,1-4H3,(H,23,27). The van der Waals surface area contributed by atoms with Crippen molar-refractivity contribution in [1.82, 2.24) is 15.2 Å². The molecule has 2 aliphatic heterocycles. The number of para-hydroxylation sites is 1. The molecule has 0 radical (unpaired) electrons. The summed E-state index contributed by atoms with van der Waals surface area (Å²) < 4.78 is 10.3. The minimum atomic E-state index is -0.764. The molecule has 0 saturated carbocycles. The number of aromatic amines is 1. The van der Waals surface area contributed by atoms with Gasteiger partial charge in [-0.2, -0.15) is 0 Å². The molecule has 3 unspecified atom stereocenters. The number of aromatic nitrogens is 1. The molecular formula is C21H25N3O5. The summed E-state index contributed by atoms with van der Waals surface area (Å²) in [4.78, 5) is 42.8. The first-order valence-corrected chi connectivity index (χ1v) is 9.68. The van der Waals surface area contributed by atoms with Gasteiger partial charge < -0.3 is 24.7 Å². The number of amides is 2. The number of rotatable bonds is 2. The normalized spacial score (nSPS) is 23.5. The highest BCUT2D eigenvalue weighted by molar-refractivity contribution is 5.94. The van der Waals surface area contributed by atoms with Gasteiger partial charge in [0.2, 0.25) is 5.91 Å². The molecular weight excluding hydrogens is 374 g/mol. The smallest absolute Gasteiger partial charge is 0.408 e. The number of ether oxygens (including phenoxy) is 2. The highest BCUT2D eigenvalue weighted by atomic mass is 16.6. The lowest BCUT2D eigenvalue weighted by Gasteiger charge is -2.35. The highest BCUT2D eigenvalue weighted by Crippen LogP contribution is 2.43. The van der Waals surface area contributed by atoms with Gasteiger partial charge in [0.25, 0.3) is 0 Å². The van der Waals surface area contributed by atoms with Crippen LogP contribution in [-0.4, -0.2) is 52.6 Å². The zero-order chi connectivity index (χ0) is 20.9. The van der Waals surface area contributed by atoms with E-state index in [1.807, 2.05) is 24.3 Å². The van der Waals surface area contributed by atoms with Crippen LogP contribution >= 0.6 is 0 Å². The van der Waals surface area contributed by atoms with Gasteiger partial charge in [-0.15, -0.1) is 0 Å². The fourth-order valence-corrected chi connectivity index (χ4v) is 4.32. The predicted octanol–water partition coefficient (Wildman–Crippen LogP) is 2.43. The Morgan fingerprint density at radius 3 is 2.66 bits per heavy atom. The summed E-state index contributed by atoms with van der Waals surface area (Å²) in [5.41, 5.74) is 2.22. The van der Waals surface area contributed by atoms with Crippen molar-refractivity contribution >= 4 is 28.9 Å². The second kappa shape index (κ2) is 6.79. The average Bonchev–Trinajstić information content (AvgIpc) is 3.17. The van der Waals surface area contributed by atoms with Crippen molar-refractivity contribution in [2.45, 2.75) is 57.3 Å². The van der Waals surface area contributed by atoms with Gasteiger partial charge >= 0.3 is 12.1 Å². The van der Waals surface area contributed by atoms with Gasteiger partial charge in [-0.25, -0.2) is 9.59 Å². The quantitative estimate of drug-likeness (QED) is 0.756. The number of alkyl carbamates (subject to hydrolysis) is 1. The molecule has 4 rings (SSSR count). The molecule has 2 aromatic rings. The minimum Gasteiger partial charge on any atom is -0.467 e. The number of nitrogens with one attached hydrogen (secondary N) is 2. The molecule has 2 aliphatic rings. The molecule has 8 nitrogen and oxygen atoms in total. The van der Waals surface area contributed by atoms with Crippen LogP contribution in [0.3, 0.4) is 0 Å². The van der Waals surface area contributed by atoms with E-state index < -0.39 is 29.7 Å². The van der Waals surface area contributed by atoms with Crippen molar-refractivity contribution in [1.29, 1.82) is 0 Å². The number of carbonyl (C=O) groups excluding carboxylic acids is 3. The van der Waals surface area contributed by atoms with Crippen LogP contribution in [0.1, 0.15) is 44.5 Å². The summed E-state index contributed by atoms with van der Waals surface area (Å²) in [6, 6.07) is 6.02. The van der Waals surface area contributed by atoms with Crippen molar-refractivity contribution in [2.24, 2.45) is 0 Å².